The number of aliphatic hydroxyl groups excluding tert-OH is 1. The van der Waals surface area contributed by atoms with Crippen molar-refractivity contribution in [1.29, 1.82) is 0 Å². The number of furan rings is 1. The van der Waals surface area contributed by atoms with Gasteiger partial charge < -0.3 is 14.8 Å². The highest BCUT2D eigenvalue weighted by molar-refractivity contribution is 7.88. The van der Waals surface area contributed by atoms with Crippen LogP contribution >= 0.6 is 0 Å². The fraction of sp³-hybridized carbons (Fsp3) is 0.692. The van der Waals surface area contributed by atoms with Crippen LogP contribution in [0.5, 0.6) is 0 Å². The molecule has 20 heavy (non-hydrogen) atoms. The van der Waals surface area contributed by atoms with E-state index in [-0.39, 0.29) is 17.2 Å². The summed E-state index contributed by atoms with van der Waals surface area (Å²) in [5, 5.41) is 12.9. The van der Waals surface area contributed by atoms with Gasteiger partial charge in [-0.3, -0.25) is 0 Å². The van der Waals surface area contributed by atoms with Gasteiger partial charge in [-0.05, 0) is 37.8 Å². The molecule has 0 spiro atoms. The van der Waals surface area contributed by atoms with Gasteiger partial charge in [0, 0.05) is 20.1 Å². The number of hydrogen-bond acceptors (Lipinski definition) is 5. The van der Waals surface area contributed by atoms with Gasteiger partial charge in [-0.2, -0.15) is 0 Å². The first-order chi connectivity index (χ1) is 9.39. The van der Waals surface area contributed by atoms with Crippen molar-refractivity contribution in [2.45, 2.75) is 49.5 Å². The average Bonchev–Trinajstić information content (AvgIpc) is 2.85. The zero-order valence-electron chi connectivity index (χ0n) is 11.9. The van der Waals surface area contributed by atoms with E-state index in [0.29, 0.717) is 12.3 Å². The lowest BCUT2D eigenvalue weighted by molar-refractivity contribution is 0.111. The van der Waals surface area contributed by atoms with Crippen LogP contribution in [0, 0.1) is 0 Å². The summed E-state index contributed by atoms with van der Waals surface area (Å²) in [5.74, 6) is 0.588. The highest BCUT2D eigenvalue weighted by atomic mass is 32.2. The monoisotopic (exact) mass is 302 g/mol. The van der Waals surface area contributed by atoms with E-state index in [1.807, 2.05) is 0 Å². The molecule has 2 rings (SSSR count). The highest BCUT2D eigenvalue weighted by Crippen LogP contribution is 2.20. The van der Waals surface area contributed by atoms with Crippen molar-refractivity contribution in [2.75, 3.05) is 14.1 Å². The zero-order chi connectivity index (χ0) is 14.8. The standard InChI is InChI=1S/C13H22N2O4S/c1-15(2)20(17,18)13-7-6-12(19-13)9-14-10-4-3-5-11(16)8-10/h6-7,10-11,14,16H,3-5,8-9H2,1-2H3. The molecule has 1 fully saturated rings. The Balaban J connectivity index is 1.93. The molecular formula is C13H22N2O4S. The maximum absolute atomic E-state index is 11.9. The molecule has 0 amide bonds. The lowest BCUT2D eigenvalue weighted by Crippen LogP contribution is -2.35. The van der Waals surface area contributed by atoms with E-state index in [2.05, 4.69) is 5.32 Å². The summed E-state index contributed by atoms with van der Waals surface area (Å²) >= 11 is 0. The molecule has 0 bridgehead atoms. The third-order valence-electron chi connectivity index (χ3n) is 3.58. The third kappa shape index (κ3) is 3.60. The molecule has 6 nitrogen and oxygen atoms in total. The second-order valence-corrected chi connectivity index (χ2v) is 7.49. The van der Waals surface area contributed by atoms with Gasteiger partial charge in [0.15, 0.2) is 0 Å². The molecule has 0 saturated heterocycles. The van der Waals surface area contributed by atoms with Crippen LogP contribution in [0.1, 0.15) is 31.4 Å². The summed E-state index contributed by atoms with van der Waals surface area (Å²) in [6, 6.07) is 3.41. The molecule has 0 aromatic carbocycles. The summed E-state index contributed by atoms with van der Waals surface area (Å²) < 4.78 is 30.2. The summed E-state index contributed by atoms with van der Waals surface area (Å²) in [7, 11) is -0.566. The van der Waals surface area contributed by atoms with Gasteiger partial charge in [0.05, 0.1) is 12.6 Å². The maximum atomic E-state index is 11.9. The highest BCUT2D eigenvalue weighted by Gasteiger charge is 2.23. The Morgan fingerprint density at radius 1 is 1.40 bits per heavy atom. The van der Waals surface area contributed by atoms with E-state index in [9.17, 15) is 13.5 Å². The predicted molar refractivity (Wildman–Crippen MR) is 74.7 cm³/mol. The number of aliphatic hydroxyl groups is 1. The second kappa shape index (κ2) is 6.26. The average molecular weight is 302 g/mol. The van der Waals surface area contributed by atoms with E-state index in [0.717, 1.165) is 30.0 Å². The van der Waals surface area contributed by atoms with Crippen molar-refractivity contribution < 1.29 is 17.9 Å². The van der Waals surface area contributed by atoms with E-state index in [4.69, 9.17) is 4.42 Å². The van der Waals surface area contributed by atoms with E-state index in [1.165, 1.54) is 20.2 Å². The normalized spacial score (nSPS) is 24.2. The summed E-state index contributed by atoms with van der Waals surface area (Å²) in [6.45, 7) is 0.473. The first kappa shape index (κ1) is 15.5. The van der Waals surface area contributed by atoms with Crippen molar-refractivity contribution in [3.8, 4) is 0 Å². The lowest BCUT2D eigenvalue weighted by Gasteiger charge is -2.26. The number of rotatable bonds is 5. The Morgan fingerprint density at radius 2 is 2.15 bits per heavy atom. The van der Waals surface area contributed by atoms with Gasteiger partial charge in [-0.15, -0.1) is 0 Å². The summed E-state index contributed by atoms with van der Waals surface area (Å²) in [5.41, 5.74) is 0. The first-order valence-electron chi connectivity index (χ1n) is 6.82. The largest absolute Gasteiger partial charge is 0.447 e. The second-order valence-electron chi connectivity index (χ2n) is 5.41. The minimum absolute atomic E-state index is 0.0389. The van der Waals surface area contributed by atoms with E-state index < -0.39 is 10.0 Å². The molecule has 2 N–H and O–H groups in total. The smallest absolute Gasteiger partial charge is 0.275 e. The minimum atomic E-state index is -3.51. The SMILES string of the molecule is CN(C)S(=O)(=O)c1ccc(CNC2CCCC(O)C2)o1. The number of hydrogen-bond donors (Lipinski definition) is 2. The molecular weight excluding hydrogens is 280 g/mol. The number of sulfonamides is 1. The van der Waals surface area contributed by atoms with Gasteiger partial charge in [-0.25, -0.2) is 12.7 Å². The Labute approximate surface area is 119 Å². The molecule has 1 heterocycles. The Morgan fingerprint density at radius 3 is 2.80 bits per heavy atom. The van der Waals surface area contributed by atoms with Crippen molar-refractivity contribution in [3.05, 3.63) is 17.9 Å². The molecule has 7 heteroatoms. The molecule has 1 aliphatic rings. The number of nitrogens with zero attached hydrogens (tertiary/aromatic N) is 1. The van der Waals surface area contributed by atoms with Crippen molar-refractivity contribution in [1.82, 2.24) is 9.62 Å². The molecule has 114 valence electrons. The van der Waals surface area contributed by atoms with Gasteiger partial charge in [0.25, 0.3) is 10.0 Å². The van der Waals surface area contributed by atoms with Crippen LogP contribution < -0.4 is 5.32 Å². The lowest BCUT2D eigenvalue weighted by atomic mass is 9.93. The maximum Gasteiger partial charge on any atom is 0.275 e. The Kier molecular flexibility index (Phi) is 4.85. The molecule has 0 aliphatic heterocycles. The van der Waals surface area contributed by atoms with Gasteiger partial charge in [-0.1, -0.05) is 0 Å². The van der Waals surface area contributed by atoms with Crippen molar-refractivity contribution >= 4 is 10.0 Å². The summed E-state index contributed by atoms with van der Waals surface area (Å²) in [6.07, 6.45) is 3.41. The fourth-order valence-corrected chi connectivity index (χ4v) is 3.18. The fourth-order valence-electron chi connectivity index (χ4n) is 2.37. The Bertz CT molecular complexity index is 538. The molecule has 1 saturated carbocycles. The minimum Gasteiger partial charge on any atom is -0.447 e. The van der Waals surface area contributed by atoms with Crippen LogP contribution in [0.15, 0.2) is 21.6 Å². The Hall–Kier alpha value is -0.890. The van der Waals surface area contributed by atoms with E-state index in [1.54, 1.807) is 6.07 Å². The molecule has 0 radical (unpaired) electrons. The first-order valence-corrected chi connectivity index (χ1v) is 8.26. The third-order valence-corrected chi connectivity index (χ3v) is 5.27. The molecule has 1 aromatic rings. The zero-order valence-corrected chi connectivity index (χ0v) is 12.7. The van der Waals surface area contributed by atoms with Crippen LogP contribution in [-0.2, 0) is 16.6 Å². The van der Waals surface area contributed by atoms with Crippen LogP contribution in [0.4, 0.5) is 0 Å². The van der Waals surface area contributed by atoms with Crippen LogP contribution in [0.3, 0.4) is 0 Å². The topological polar surface area (TPSA) is 82.8 Å². The molecule has 1 aromatic heterocycles. The molecule has 2 atom stereocenters. The summed E-state index contributed by atoms with van der Waals surface area (Å²) in [4.78, 5) is 0. The number of nitrogens with one attached hydrogen (secondary N) is 1. The van der Waals surface area contributed by atoms with Gasteiger partial charge >= 0.3 is 0 Å². The van der Waals surface area contributed by atoms with Crippen molar-refractivity contribution in [3.63, 3.8) is 0 Å². The predicted octanol–water partition coefficient (Wildman–Crippen LogP) is 0.923. The van der Waals surface area contributed by atoms with Crippen molar-refractivity contribution in [2.24, 2.45) is 0 Å². The quantitative estimate of drug-likeness (QED) is 0.845. The molecule has 1 aliphatic carbocycles. The van der Waals surface area contributed by atoms with Gasteiger partial charge in [0.2, 0.25) is 5.09 Å². The van der Waals surface area contributed by atoms with Crippen LogP contribution in [0.25, 0.3) is 0 Å². The van der Waals surface area contributed by atoms with E-state index >= 15 is 0 Å². The molecule has 2 unspecified atom stereocenters. The van der Waals surface area contributed by atoms with Crippen LogP contribution in [0.2, 0.25) is 0 Å². The van der Waals surface area contributed by atoms with Gasteiger partial charge in [0.1, 0.15) is 5.76 Å². The van der Waals surface area contributed by atoms with Crippen LogP contribution in [-0.4, -0.2) is 44.1 Å².